The van der Waals surface area contributed by atoms with Gasteiger partial charge in [-0.25, -0.2) is 4.79 Å². The second-order valence-electron chi connectivity index (χ2n) is 3.65. The Morgan fingerprint density at radius 3 is 2.88 bits per heavy atom. The van der Waals surface area contributed by atoms with E-state index in [1.54, 1.807) is 6.92 Å². The number of aryl methyl sites for hydroxylation is 3. The summed E-state index contributed by atoms with van der Waals surface area (Å²) < 4.78 is 6.70. The third kappa shape index (κ3) is 3.92. The largest absolute Gasteiger partial charge is 0.450 e. The van der Waals surface area contributed by atoms with E-state index in [4.69, 9.17) is 4.74 Å². The average Bonchev–Trinajstić information content (AvgIpc) is 2.53. The summed E-state index contributed by atoms with van der Waals surface area (Å²) in [5.74, 6) is 0. The fourth-order valence-corrected chi connectivity index (χ4v) is 1.50. The van der Waals surface area contributed by atoms with Gasteiger partial charge < -0.3 is 10.1 Å². The number of nitrogens with zero attached hydrogens (tertiary/aromatic N) is 2. The molecule has 0 saturated heterocycles. The monoisotopic (exact) mass is 225 g/mol. The zero-order valence-corrected chi connectivity index (χ0v) is 10.1. The van der Waals surface area contributed by atoms with Crippen molar-refractivity contribution < 1.29 is 9.53 Å². The van der Waals surface area contributed by atoms with Gasteiger partial charge in [-0.15, -0.1) is 0 Å². The van der Waals surface area contributed by atoms with Gasteiger partial charge >= 0.3 is 6.09 Å². The van der Waals surface area contributed by atoms with E-state index in [1.807, 2.05) is 24.6 Å². The van der Waals surface area contributed by atoms with Gasteiger partial charge in [-0.2, -0.15) is 5.10 Å². The number of hydrogen-bond acceptors (Lipinski definition) is 3. The molecule has 0 unspecified atom stereocenters. The van der Waals surface area contributed by atoms with Gasteiger partial charge in [-0.05, 0) is 33.3 Å². The fraction of sp³-hybridized carbons (Fsp3) is 0.636. The molecule has 5 nitrogen and oxygen atoms in total. The summed E-state index contributed by atoms with van der Waals surface area (Å²) >= 11 is 0. The van der Waals surface area contributed by atoms with Crippen LogP contribution in [-0.4, -0.2) is 29.0 Å². The Balaban J connectivity index is 2.21. The van der Waals surface area contributed by atoms with Gasteiger partial charge in [-0.1, -0.05) is 0 Å². The number of carbonyl (C=O) groups is 1. The molecule has 1 amide bonds. The summed E-state index contributed by atoms with van der Waals surface area (Å²) in [4.78, 5) is 11.0. The van der Waals surface area contributed by atoms with E-state index in [2.05, 4.69) is 10.4 Å². The Labute approximate surface area is 95.8 Å². The molecule has 0 aromatic carbocycles. The molecule has 0 aliphatic heterocycles. The molecule has 0 fully saturated rings. The van der Waals surface area contributed by atoms with E-state index < -0.39 is 0 Å². The van der Waals surface area contributed by atoms with E-state index in [0.29, 0.717) is 13.2 Å². The van der Waals surface area contributed by atoms with Crippen LogP contribution in [0.2, 0.25) is 0 Å². The molecule has 0 saturated carbocycles. The first-order valence-electron chi connectivity index (χ1n) is 5.55. The highest BCUT2D eigenvalue weighted by Crippen LogP contribution is 2.02. The summed E-state index contributed by atoms with van der Waals surface area (Å²) in [6, 6.07) is 2.04. The van der Waals surface area contributed by atoms with Gasteiger partial charge in [0, 0.05) is 18.8 Å². The zero-order valence-electron chi connectivity index (χ0n) is 10.1. The van der Waals surface area contributed by atoms with Crippen molar-refractivity contribution in [2.24, 2.45) is 0 Å². The Morgan fingerprint density at radius 1 is 1.56 bits per heavy atom. The van der Waals surface area contributed by atoms with Crippen molar-refractivity contribution in [1.29, 1.82) is 0 Å². The van der Waals surface area contributed by atoms with Crippen LogP contribution in [0.25, 0.3) is 0 Å². The SMILES string of the molecule is CCOC(=O)NCCCn1nc(C)cc1C. The second kappa shape index (κ2) is 6.15. The van der Waals surface area contributed by atoms with Crippen molar-refractivity contribution in [1.82, 2.24) is 15.1 Å². The lowest BCUT2D eigenvalue weighted by atomic mass is 10.4. The lowest BCUT2D eigenvalue weighted by Crippen LogP contribution is -2.26. The minimum absolute atomic E-state index is 0.351. The maximum atomic E-state index is 11.0. The number of aromatic nitrogens is 2. The van der Waals surface area contributed by atoms with E-state index in [1.165, 1.54) is 0 Å². The summed E-state index contributed by atoms with van der Waals surface area (Å²) in [6.07, 6.45) is 0.497. The van der Waals surface area contributed by atoms with Crippen molar-refractivity contribution in [2.45, 2.75) is 33.7 Å². The normalized spacial score (nSPS) is 10.2. The molecule has 0 aliphatic carbocycles. The van der Waals surface area contributed by atoms with Crippen LogP contribution in [0.3, 0.4) is 0 Å². The first kappa shape index (κ1) is 12.5. The molecule has 16 heavy (non-hydrogen) atoms. The highest BCUT2D eigenvalue weighted by atomic mass is 16.5. The van der Waals surface area contributed by atoms with E-state index in [-0.39, 0.29) is 6.09 Å². The standard InChI is InChI=1S/C11H19N3O2/c1-4-16-11(15)12-6-5-7-14-10(3)8-9(2)13-14/h8H,4-7H2,1-3H3,(H,12,15). The van der Waals surface area contributed by atoms with E-state index in [0.717, 1.165) is 24.4 Å². The van der Waals surface area contributed by atoms with Gasteiger partial charge in [0.15, 0.2) is 0 Å². The molecule has 0 bridgehead atoms. The molecule has 1 aromatic rings. The minimum Gasteiger partial charge on any atom is -0.450 e. The number of rotatable bonds is 5. The highest BCUT2D eigenvalue weighted by Gasteiger charge is 2.01. The van der Waals surface area contributed by atoms with Crippen LogP contribution >= 0.6 is 0 Å². The first-order chi connectivity index (χ1) is 7.63. The van der Waals surface area contributed by atoms with Crippen LogP contribution in [0.4, 0.5) is 4.79 Å². The van der Waals surface area contributed by atoms with Gasteiger partial charge in [-0.3, -0.25) is 4.68 Å². The third-order valence-electron chi connectivity index (χ3n) is 2.19. The van der Waals surface area contributed by atoms with Crippen LogP contribution in [0, 0.1) is 13.8 Å². The maximum absolute atomic E-state index is 11.0. The van der Waals surface area contributed by atoms with Crippen LogP contribution in [0.1, 0.15) is 24.7 Å². The van der Waals surface area contributed by atoms with Crippen molar-refractivity contribution in [2.75, 3.05) is 13.2 Å². The molecule has 0 atom stereocenters. The molecule has 0 radical (unpaired) electrons. The number of carbonyl (C=O) groups excluding carboxylic acids is 1. The molecule has 0 aliphatic rings. The minimum atomic E-state index is -0.351. The Hall–Kier alpha value is -1.52. The zero-order chi connectivity index (χ0) is 12.0. The average molecular weight is 225 g/mol. The molecule has 0 spiro atoms. The quantitative estimate of drug-likeness (QED) is 0.775. The Kier molecular flexibility index (Phi) is 4.82. The summed E-state index contributed by atoms with van der Waals surface area (Å²) in [6.45, 7) is 7.61. The van der Waals surface area contributed by atoms with Gasteiger partial charge in [0.05, 0.1) is 12.3 Å². The van der Waals surface area contributed by atoms with Gasteiger partial charge in [0.2, 0.25) is 0 Å². The first-order valence-corrected chi connectivity index (χ1v) is 5.55. The fourth-order valence-electron chi connectivity index (χ4n) is 1.50. The second-order valence-corrected chi connectivity index (χ2v) is 3.65. The maximum Gasteiger partial charge on any atom is 0.407 e. The van der Waals surface area contributed by atoms with Gasteiger partial charge in [0.25, 0.3) is 0 Å². The summed E-state index contributed by atoms with van der Waals surface area (Å²) in [7, 11) is 0. The third-order valence-corrected chi connectivity index (χ3v) is 2.19. The predicted molar refractivity (Wildman–Crippen MR) is 61.3 cm³/mol. The Morgan fingerprint density at radius 2 is 2.31 bits per heavy atom. The smallest absolute Gasteiger partial charge is 0.407 e. The molecule has 1 aromatic heterocycles. The molecular weight excluding hydrogens is 206 g/mol. The van der Waals surface area contributed by atoms with Crippen molar-refractivity contribution >= 4 is 6.09 Å². The molecule has 5 heteroatoms. The molecule has 1 heterocycles. The summed E-state index contributed by atoms with van der Waals surface area (Å²) in [5.41, 5.74) is 2.17. The van der Waals surface area contributed by atoms with E-state index >= 15 is 0 Å². The van der Waals surface area contributed by atoms with Crippen molar-refractivity contribution in [3.63, 3.8) is 0 Å². The highest BCUT2D eigenvalue weighted by molar-refractivity contribution is 5.66. The number of alkyl carbamates (subject to hydrolysis) is 1. The number of amides is 1. The number of hydrogen-bond donors (Lipinski definition) is 1. The molecular formula is C11H19N3O2. The van der Waals surface area contributed by atoms with Crippen LogP contribution in [-0.2, 0) is 11.3 Å². The van der Waals surface area contributed by atoms with Crippen LogP contribution in [0.15, 0.2) is 6.07 Å². The molecule has 1 rings (SSSR count). The van der Waals surface area contributed by atoms with Gasteiger partial charge in [0.1, 0.15) is 0 Å². The molecule has 90 valence electrons. The van der Waals surface area contributed by atoms with E-state index in [9.17, 15) is 4.79 Å². The lowest BCUT2D eigenvalue weighted by Gasteiger charge is -2.06. The van der Waals surface area contributed by atoms with Crippen molar-refractivity contribution in [3.05, 3.63) is 17.5 Å². The predicted octanol–water partition coefficient (Wildman–Crippen LogP) is 1.64. The van der Waals surface area contributed by atoms with Crippen LogP contribution < -0.4 is 5.32 Å². The molecule has 1 N–H and O–H groups in total. The van der Waals surface area contributed by atoms with Crippen molar-refractivity contribution in [3.8, 4) is 0 Å². The van der Waals surface area contributed by atoms with Crippen LogP contribution in [0.5, 0.6) is 0 Å². The topological polar surface area (TPSA) is 56.1 Å². The number of ether oxygens (including phenoxy) is 1. The number of nitrogens with one attached hydrogen (secondary N) is 1. The Bertz CT molecular complexity index is 347. The summed E-state index contributed by atoms with van der Waals surface area (Å²) in [5, 5.41) is 7.01. The lowest BCUT2D eigenvalue weighted by molar-refractivity contribution is 0.152.